The number of hydrogen-bond acceptors (Lipinski definition) is 2. The van der Waals surface area contributed by atoms with Gasteiger partial charge in [0.25, 0.3) is 0 Å². The molecule has 3 nitrogen and oxygen atoms in total. The summed E-state index contributed by atoms with van der Waals surface area (Å²) in [5.74, 6) is 0.342. The molecule has 0 saturated heterocycles. The number of nitrogens with zero attached hydrogens (tertiary/aromatic N) is 2. The van der Waals surface area contributed by atoms with Crippen LogP contribution in [0.15, 0.2) is 24.8 Å². The Morgan fingerprint density at radius 3 is 2.80 bits per heavy atom. The summed E-state index contributed by atoms with van der Waals surface area (Å²) in [7, 11) is 0. The van der Waals surface area contributed by atoms with Gasteiger partial charge in [0.15, 0.2) is 0 Å². The van der Waals surface area contributed by atoms with E-state index in [0.29, 0.717) is 5.92 Å². The summed E-state index contributed by atoms with van der Waals surface area (Å²) in [6.45, 7) is 6.33. The molecule has 1 N–H and O–H groups in total. The summed E-state index contributed by atoms with van der Waals surface area (Å²) in [5, 5.41) is 0. The monoisotopic (exact) mass is 201 g/mol. The van der Waals surface area contributed by atoms with Gasteiger partial charge in [-0.3, -0.25) is 4.98 Å². The molecule has 2 heterocycles. The largest absolute Gasteiger partial charge is 0.348 e. The van der Waals surface area contributed by atoms with Gasteiger partial charge in [-0.05, 0) is 31.0 Å². The molecule has 0 bridgehead atoms. The number of aromatic amines is 1. The smallest absolute Gasteiger partial charge is 0.0921 e. The van der Waals surface area contributed by atoms with Crippen LogP contribution < -0.4 is 0 Å². The van der Waals surface area contributed by atoms with Crippen LogP contribution in [0.3, 0.4) is 0 Å². The first-order chi connectivity index (χ1) is 7.20. The molecule has 15 heavy (non-hydrogen) atoms. The Kier molecular flexibility index (Phi) is 2.54. The van der Waals surface area contributed by atoms with Gasteiger partial charge in [0.1, 0.15) is 0 Å². The second-order valence-corrected chi connectivity index (χ2v) is 3.84. The van der Waals surface area contributed by atoms with Crippen molar-refractivity contribution in [3.05, 3.63) is 47.3 Å². The van der Waals surface area contributed by atoms with Crippen molar-refractivity contribution in [1.29, 1.82) is 0 Å². The fraction of sp³-hybridized carbons (Fsp3) is 0.333. The number of hydrogen-bond donors (Lipinski definition) is 1. The Morgan fingerprint density at radius 2 is 2.13 bits per heavy atom. The molecule has 0 unspecified atom stereocenters. The van der Waals surface area contributed by atoms with Crippen molar-refractivity contribution < 1.29 is 0 Å². The Bertz CT molecular complexity index is 446. The van der Waals surface area contributed by atoms with Gasteiger partial charge >= 0.3 is 0 Å². The van der Waals surface area contributed by atoms with Crippen LogP contribution in [-0.4, -0.2) is 15.0 Å². The van der Waals surface area contributed by atoms with Crippen molar-refractivity contribution in [1.82, 2.24) is 15.0 Å². The minimum Gasteiger partial charge on any atom is -0.348 e. The molecule has 0 aliphatic carbocycles. The molecule has 0 aliphatic heterocycles. The maximum absolute atomic E-state index is 4.28. The van der Waals surface area contributed by atoms with Crippen LogP contribution in [0.4, 0.5) is 0 Å². The minimum atomic E-state index is 0.342. The van der Waals surface area contributed by atoms with Crippen molar-refractivity contribution >= 4 is 0 Å². The number of H-pyrrole nitrogens is 1. The molecule has 2 rings (SSSR count). The lowest BCUT2D eigenvalue weighted by Crippen LogP contribution is -2.01. The zero-order valence-electron chi connectivity index (χ0n) is 9.28. The Hall–Kier alpha value is -1.64. The fourth-order valence-corrected chi connectivity index (χ4v) is 1.80. The maximum Gasteiger partial charge on any atom is 0.0921 e. The predicted molar refractivity (Wildman–Crippen MR) is 59.8 cm³/mol. The highest BCUT2D eigenvalue weighted by Gasteiger charge is 2.12. The number of pyridine rings is 1. The summed E-state index contributed by atoms with van der Waals surface area (Å²) in [4.78, 5) is 11.5. The molecule has 0 radical (unpaired) electrons. The van der Waals surface area contributed by atoms with Gasteiger partial charge in [0.05, 0.1) is 6.33 Å². The van der Waals surface area contributed by atoms with Crippen LogP contribution in [0.25, 0.3) is 0 Å². The molecule has 3 heteroatoms. The molecular formula is C12H15N3. The summed E-state index contributed by atoms with van der Waals surface area (Å²) >= 11 is 0. The highest BCUT2D eigenvalue weighted by Crippen LogP contribution is 2.25. The van der Waals surface area contributed by atoms with Crippen LogP contribution >= 0.6 is 0 Å². The molecule has 2 aromatic rings. The lowest BCUT2D eigenvalue weighted by Gasteiger charge is -2.13. The molecule has 0 aromatic carbocycles. The van der Waals surface area contributed by atoms with Crippen molar-refractivity contribution in [2.45, 2.75) is 26.7 Å². The van der Waals surface area contributed by atoms with E-state index < -0.39 is 0 Å². The normalized spacial score (nSPS) is 12.7. The molecule has 78 valence electrons. The van der Waals surface area contributed by atoms with Gasteiger partial charge in [0, 0.05) is 29.7 Å². The van der Waals surface area contributed by atoms with Gasteiger partial charge in [-0.25, -0.2) is 4.98 Å². The van der Waals surface area contributed by atoms with Gasteiger partial charge in [-0.1, -0.05) is 6.92 Å². The van der Waals surface area contributed by atoms with Crippen LogP contribution in [-0.2, 0) is 0 Å². The number of nitrogens with one attached hydrogen (secondary N) is 1. The zero-order valence-corrected chi connectivity index (χ0v) is 9.28. The van der Waals surface area contributed by atoms with Crippen molar-refractivity contribution in [3.63, 3.8) is 0 Å². The van der Waals surface area contributed by atoms with Crippen molar-refractivity contribution in [3.8, 4) is 0 Å². The SMILES string of the molecule is Cc1nccc([C@@H](C)c2cnc[nH]2)c1C. The second kappa shape index (κ2) is 3.85. The number of rotatable bonds is 2. The fourth-order valence-electron chi connectivity index (χ4n) is 1.80. The molecule has 0 spiro atoms. The van der Waals surface area contributed by atoms with E-state index in [4.69, 9.17) is 0 Å². The highest BCUT2D eigenvalue weighted by atomic mass is 14.9. The third-order valence-corrected chi connectivity index (χ3v) is 2.95. The quantitative estimate of drug-likeness (QED) is 0.811. The first-order valence-electron chi connectivity index (χ1n) is 5.10. The van der Waals surface area contributed by atoms with Gasteiger partial charge < -0.3 is 4.98 Å². The molecule has 0 saturated carbocycles. The molecule has 1 atom stereocenters. The van der Waals surface area contributed by atoms with Gasteiger partial charge in [-0.2, -0.15) is 0 Å². The van der Waals surface area contributed by atoms with Crippen molar-refractivity contribution in [2.24, 2.45) is 0 Å². The predicted octanol–water partition coefficient (Wildman–Crippen LogP) is 2.57. The molecule has 0 aliphatic rings. The van der Waals surface area contributed by atoms with E-state index in [9.17, 15) is 0 Å². The van der Waals surface area contributed by atoms with Crippen LogP contribution in [0, 0.1) is 13.8 Å². The van der Waals surface area contributed by atoms with E-state index in [1.165, 1.54) is 11.1 Å². The van der Waals surface area contributed by atoms with E-state index in [0.717, 1.165) is 11.4 Å². The summed E-state index contributed by atoms with van der Waals surface area (Å²) < 4.78 is 0. The minimum absolute atomic E-state index is 0.342. The summed E-state index contributed by atoms with van der Waals surface area (Å²) in [5.41, 5.74) is 4.81. The number of imidazole rings is 1. The van der Waals surface area contributed by atoms with E-state index in [1.807, 2.05) is 19.3 Å². The number of aryl methyl sites for hydroxylation is 1. The maximum atomic E-state index is 4.28. The molecular weight excluding hydrogens is 186 g/mol. The number of aromatic nitrogens is 3. The zero-order chi connectivity index (χ0) is 10.8. The average molecular weight is 201 g/mol. The lowest BCUT2D eigenvalue weighted by atomic mass is 9.94. The molecule has 0 fully saturated rings. The van der Waals surface area contributed by atoms with E-state index in [-0.39, 0.29) is 0 Å². The summed E-state index contributed by atoms with van der Waals surface area (Å²) in [6, 6.07) is 2.08. The molecule has 0 amide bonds. The standard InChI is InChI=1S/C12H15N3/c1-8-10(3)14-5-4-11(8)9(2)12-6-13-7-15-12/h4-7,9H,1-3H3,(H,13,15)/t9-/m1/s1. The Labute approximate surface area is 89.6 Å². The summed E-state index contributed by atoms with van der Waals surface area (Å²) in [6.07, 6.45) is 5.46. The van der Waals surface area contributed by atoms with Gasteiger partial charge in [0.2, 0.25) is 0 Å². The third kappa shape index (κ3) is 1.77. The first kappa shape index (κ1) is 9.90. The second-order valence-electron chi connectivity index (χ2n) is 3.84. The third-order valence-electron chi connectivity index (χ3n) is 2.95. The van der Waals surface area contributed by atoms with E-state index >= 15 is 0 Å². The van der Waals surface area contributed by atoms with E-state index in [2.05, 4.69) is 34.9 Å². The first-order valence-corrected chi connectivity index (χ1v) is 5.10. The van der Waals surface area contributed by atoms with Crippen LogP contribution in [0.1, 0.15) is 35.4 Å². The van der Waals surface area contributed by atoms with E-state index in [1.54, 1.807) is 6.33 Å². The highest BCUT2D eigenvalue weighted by molar-refractivity contribution is 5.34. The van der Waals surface area contributed by atoms with Crippen molar-refractivity contribution in [2.75, 3.05) is 0 Å². The lowest BCUT2D eigenvalue weighted by molar-refractivity contribution is 0.863. The molecule has 2 aromatic heterocycles. The Balaban J connectivity index is 2.42. The topological polar surface area (TPSA) is 41.6 Å². The Morgan fingerprint density at radius 1 is 1.33 bits per heavy atom. The van der Waals surface area contributed by atoms with Crippen LogP contribution in [0.5, 0.6) is 0 Å². The van der Waals surface area contributed by atoms with Crippen LogP contribution in [0.2, 0.25) is 0 Å². The van der Waals surface area contributed by atoms with Gasteiger partial charge in [-0.15, -0.1) is 0 Å². The average Bonchev–Trinajstić information content (AvgIpc) is 2.74.